The van der Waals surface area contributed by atoms with E-state index >= 15 is 0 Å². The van der Waals surface area contributed by atoms with Crippen LogP contribution in [-0.4, -0.2) is 33.5 Å². The molecule has 2 heterocycles. The number of nitrogens with zero attached hydrogens (tertiary/aromatic N) is 2. The number of aromatic nitrogens is 2. The molecule has 2 amide bonds. The van der Waals surface area contributed by atoms with Gasteiger partial charge in [0.2, 0.25) is 0 Å². The number of imide groups is 1. The third-order valence-corrected chi connectivity index (χ3v) is 2.89. The molecule has 0 radical (unpaired) electrons. The molecule has 96 valence electrons. The Hall–Kier alpha value is -2.47. The summed E-state index contributed by atoms with van der Waals surface area (Å²) < 4.78 is 0. The van der Waals surface area contributed by atoms with E-state index in [1.54, 1.807) is 36.8 Å². The molecule has 3 rings (SSSR count). The molecular weight excluding hydrogens is 246 g/mol. The predicted molar refractivity (Wildman–Crippen MR) is 65.2 cm³/mol. The van der Waals surface area contributed by atoms with E-state index in [1.807, 2.05) is 0 Å². The number of H-pyrrole nitrogens is 1. The Labute approximate surface area is 109 Å². The van der Waals surface area contributed by atoms with E-state index in [0.29, 0.717) is 17.5 Å². The standard InChI is InChI=1S/C13H11N3O3/c17-12-10-3-1-2-4-11(10)13(18)16(12)19-6-5-9-7-14-8-15-9/h1-4,7-8H,5-6H2,(H,14,15). The van der Waals surface area contributed by atoms with Crippen molar-refractivity contribution in [1.29, 1.82) is 0 Å². The molecule has 0 saturated carbocycles. The van der Waals surface area contributed by atoms with E-state index in [4.69, 9.17) is 4.84 Å². The number of hydroxylamine groups is 2. The zero-order chi connectivity index (χ0) is 13.2. The van der Waals surface area contributed by atoms with Gasteiger partial charge in [-0.25, -0.2) is 4.98 Å². The van der Waals surface area contributed by atoms with Crippen LogP contribution in [-0.2, 0) is 11.3 Å². The molecule has 1 aromatic heterocycles. The van der Waals surface area contributed by atoms with Gasteiger partial charge in [-0.3, -0.25) is 14.4 Å². The van der Waals surface area contributed by atoms with Crippen LogP contribution in [0.25, 0.3) is 0 Å². The van der Waals surface area contributed by atoms with Crippen molar-refractivity contribution in [2.45, 2.75) is 6.42 Å². The Morgan fingerprint density at radius 1 is 1.16 bits per heavy atom. The number of hydrogen-bond acceptors (Lipinski definition) is 4. The molecule has 0 spiro atoms. The van der Waals surface area contributed by atoms with Crippen molar-refractivity contribution in [3.8, 4) is 0 Å². The highest BCUT2D eigenvalue weighted by molar-refractivity contribution is 6.20. The zero-order valence-corrected chi connectivity index (χ0v) is 10.00. The monoisotopic (exact) mass is 257 g/mol. The van der Waals surface area contributed by atoms with Crippen LogP contribution in [0, 0.1) is 0 Å². The van der Waals surface area contributed by atoms with Crippen LogP contribution in [0.4, 0.5) is 0 Å². The minimum Gasteiger partial charge on any atom is -0.351 e. The fourth-order valence-corrected chi connectivity index (χ4v) is 1.95. The number of rotatable bonds is 4. The number of carbonyl (C=O) groups is 2. The van der Waals surface area contributed by atoms with E-state index in [0.717, 1.165) is 10.8 Å². The Bertz CT molecular complexity index is 587. The van der Waals surface area contributed by atoms with Crippen molar-refractivity contribution >= 4 is 11.8 Å². The van der Waals surface area contributed by atoms with Gasteiger partial charge in [0.15, 0.2) is 0 Å². The van der Waals surface area contributed by atoms with Gasteiger partial charge in [0.1, 0.15) is 0 Å². The van der Waals surface area contributed by atoms with Gasteiger partial charge >= 0.3 is 0 Å². The first-order valence-electron chi connectivity index (χ1n) is 5.86. The van der Waals surface area contributed by atoms with E-state index in [2.05, 4.69) is 9.97 Å². The number of amides is 2. The summed E-state index contributed by atoms with van der Waals surface area (Å²) in [6, 6.07) is 6.67. The highest BCUT2D eigenvalue weighted by atomic mass is 16.7. The van der Waals surface area contributed by atoms with Crippen LogP contribution in [0.2, 0.25) is 0 Å². The van der Waals surface area contributed by atoms with Crippen molar-refractivity contribution in [2.24, 2.45) is 0 Å². The molecule has 1 aromatic carbocycles. The van der Waals surface area contributed by atoms with Gasteiger partial charge in [-0.2, -0.15) is 0 Å². The maximum Gasteiger partial charge on any atom is 0.285 e. The molecule has 6 nitrogen and oxygen atoms in total. The van der Waals surface area contributed by atoms with Crippen LogP contribution in [0.3, 0.4) is 0 Å². The minimum atomic E-state index is -0.414. The fraction of sp³-hybridized carbons (Fsp3) is 0.154. The second kappa shape index (κ2) is 4.66. The number of aromatic amines is 1. The van der Waals surface area contributed by atoms with Crippen molar-refractivity contribution in [2.75, 3.05) is 6.61 Å². The van der Waals surface area contributed by atoms with Crippen LogP contribution >= 0.6 is 0 Å². The van der Waals surface area contributed by atoms with Crippen molar-refractivity contribution in [1.82, 2.24) is 15.0 Å². The first-order valence-corrected chi connectivity index (χ1v) is 5.86. The van der Waals surface area contributed by atoms with E-state index in [9.17, 15) is 9.59 Å². The molecule has 0 bridgehead atoms. The highest BCUT2D eigenvalue weighted by Gasteiger charge is 2.36. The maximum absolute atomic E-state index is 12.0. The number of imidazole rings is 1. The number of carbonyl (C=O) groups excluding carboxylic acids is 2. The maximum atomic E-state index is 12.0. The van der Waals surface area contributed by atoms with E-state index in [1.165, 1.54) is 0 Å². The molecule has 0 unspecified atom stereocenters. The second-order valence-electron chi connectivity index (χ2n) is 4.09. The third kappa shape index (κ3) is 2.02. The van der Waals surface area contributed by atoms with Gasteiger partial charge in [0.05, 0.1) is 29.8 Å². The van der Waals surface area contributed by atoms with Gasteiger partial charge < -0.3 is 4.98 Å². The van der Waals surface area contributed by atoms with Gasteiger partial charge in [-0.1, -0.05) is 12.1 Å². The molecule has 1 aliphatic heterocycles. The zero-order valence-electron chi connectivity index (χ0n) is 10.00. The van der Waals surface area contributed by atoms with Crippen LogP contribution in [0.1, 0.15) is 26.4 Å². The van der Waals surface area contributed by atoms with Crippen molar-refractivity contribution < 1.29 is 14.4 Å². The quantitative estimate of drug-likeness (QED) is 0.834. The lowest BCUT2D eigenvalue weighted by atomic mass is 10.1. The van der Waals surface area contributed by atoms with Gasteiger partial charge in [-0.15, -0.1) is 5.06 Å². The SMILES string of the molecule is O=C1c2ccccc2C(=O)N1OCCc1c[nH]cn1. The topological polar surface area (TPSA) is 75.3 Å². The predicted octanol–water partition coefficient (Wildman–Crippen LogP) is 1.18. The number of nitrogens with one attached hydrogen (secondary N) is 1. The summed E-state index contributed by atoms with van der Waals surface area (Å²) in [5.74, 6) is -0.828. The second-order valence-corrected chi connectivity index (χ2v) is 4.09. The largest absolute Gasteiger partial charge is 0.351 e. The van der Waals surface area contributed by atoms with Crippen molar-refractivity contribution in [3.05, 3.63) is 53.6 Å². The van der Waals surface area contributed by atoms with E-state index in [-0.39, 0.29) is 6.61 Å². The van der Waals surface area contributed by atoms with Crippen molar-refractivity contribution in [3.63, 3.8) is 0 Å². The number of fused-ring (bicyclic) bond motifs is 1. The average molecular weight is 257 g/mol. The summed E-state index contributed by atoms with van der Waals surface area (Å²) in [6.07, 6.45) is 3.83. The normalized spacial score (nSPS) is 14.0. The summed E-state index contributed by atoms with van der Waals surface area (Å²) in [4.78, 5) is 36.0. The highest BCUT2D eigenvalue weighted by Crippen LogP contribution is 2.22. The molecule has 0 atom stereocenters. The minimum absolute atomic E-state index is 0.219. The van der Waals surface area contributed by atoms with Crippen LogP contribution in [0.15, 0.2) is 36.8 Å². The molecule has 1 aliphatic rings. The fourth-order valence-electron chi connectivity index (χ4n) is 1.95. The first kappa shape index (κ1) is 11.6. The Morgan fingerprint density at radius 3 is 2.42 bits per heavy atom. The number of benzene rings is 1. The molecule has 19 heavy (non-hydrogen) atoms. The lowest BCUT2D eigenvalue weighted by Gasteiger charge is -2.12. The van der Waals surface area contributed by atoms with Gasteiger partial charge in [-0.05, 0) is 12.1 Å². The molecule has 2 aromatic rings. The van der Waals surface area contributed by atoms with Gasteiger partial charge in [0, 0.05) is 12.6 Å². The lowest BCUT2D eigenvalue weighted by Crippen LogP contribution is -2.30. The average Bonchev–Trinajstić information content (AvgIpc) is 3.02. The molecule has 0 aliphatic carbocycles. The van der Waals surface area contributed by atoms with Crippen LogP contribution in [0.5, 0.6) is 0 Å². The summed E-state index contributed by atoms with van der Waals surface area (Å²) in [5, 5.41) is 0.817. The number of hydrogen-bond donors (Lipinski definition) is 1. The summed E-state index contributed by atoms with van der Waals surface area (Å²) in [7, 11) is 0. The molecular formula is C13H11N3O3. The third-order valence-electron chi connectivity index (χ3n) is 2.89. The van der Waals surface area contributed by atoms with Gasteiger partial charge in [0.25, 0.3) is 11.8 Å². The smallest absolute Gasteiger partial charge is 0.285 e. The summed E-state index contributed by atoms with van der Waals surface area (Å²) >= 11 is 0. The first-order chi connectivity index (χ1) is 9.27. The Kier molecular flexibility index (Phi) is 2.85. The molecule has 0 saturated heterocycles. The Morgan fingerprint density at radius 2 is 1.84 bits per heavy atom. The molecule has 0 fully saturated rings. The summed E-state index contributed by atoms with van der Waals surface area (Å²) in [5.41, 5.74) is 1.58. The van der Waals surface area contributed by atoms with E-state index < -0.39 is 11.8 Å². The lowest BCUT2D eigenvalue weighted by molar-refractivity contribution is -0.0903. The Balaban J connectivity index is 1.67. The summed E-state index contributed by atoms with van der Waals surface area (Å²) in [6.45, 7) is 0.219. The van der Waals surface area contributed by atoms with Crippen LogP contribution < -0.4 is 0 Å². The molecule has 6 heteroatoms. The molecule has 1 N–H and O–H groups in total.